The lowest BCUT2D eigenvalue weighted by atomic mass is 10.0. The zero-order valence-corrected chi connectivity index (χ0v) is 29.2. The minimum Gasteiger partial charge on any atom is -0.444 e. The van der Waals surface area contributed by atoms with E-state index in [1.165, 1.54) is 11.8 Å². The summed E-state index contributed by atoms with van der Waals surface area (Å²) in [5.74, 6) is -2.82. The second kappa shape index (κ2) is 15.1. The molecule has 1 unspecified atom stereocenters. The van der Waals surface area contributed by atoms with Gasteiger partial charge >= 0.3 is 6.09 Å². The molecule has 6 atom stereocenters. The largest absolute Gasteiger partial charge is 0.444 e. The average Bonchev–Trinajstić information content (AvgIpc) is 3.55. The average molecular weight is 688 g/mol. The highest BCUT2D eigenvalue weighted by Crippen LogP contribution is 2.45. The number of carbonyl (C=O) groups excluding carboxylic acids is 5. The lowest BCUT2D eigenvalue weighted by Gasteiger charge is -2.30. The lowest BCUT2D eigenvalue weighted by molar-refractivity contribution is -0.141. The minimum absolute atomic E-state index is 0.0209. The molecule has 0 spiro atoms. The van der Waals surface area contributed by atoms with Crippen LogP contribution in [0.15, 0.2) is 42.5 Å². The first-order valence-electron chi connectivity index (χ1n) is 16.8. The third kappa shape index (κ3) is 9.14. The molecule has 2 aliphatic heterocycles. The summed E-state index contributed by atoms with van der Waals surface area (Å²) in [6.07, 6.45) is 6.65. The molecule has 0 aromatic heterocycles. The van der Waals surface area contributed by atoms with Crippen molar-refractivity contribution in [3.63, 3.8) is 0 Å². The number of fused-ring (bicyclic) bond motifs is 2. The van der Waals surface area contributed by atoms with E-state index in [0.29, 0.717) is 31.2 Å². The fourth-order valence-electron chi connectivity index (χ4n) is 6.07. The van der Waals surface area contributed by atoms with E-state index in [9.17, 15) is 32.4 Å². The number of rotatable bonds is 7. The molecule has 3 aliphatic rings. The molecule has 1 aromatic rings. The van der Waals surface area contributed by atoms with E-state index in [4.69, 9.17) is 4.74 Å². The predicted molar refractivity (Wildman–Crippen MR) is 179 cm³/mol. The standard InChI is InChI=1S/C34H49N5O8S/c1-6-22(2)48(45,46)38-31(43)34-20-24(34)17-13-8-7-9-14-18-26(36-32(44)47-33(3,4)5)30(42)39-21-25(19-27(39)29(41)37-34)35-28(40)23-15-11-10-12-16-23/h10-13,15-17,22,24-27H,6-9,14,18-21H2,1-5H3,(H,35,40)(H,36,44)(H,37,41)(H,38,43)/b17-13-/t22?,24-,25-,26+,27+,34-/m1/s1. The number of carbonyl (C=O) groups is 5. The van der Waals surface area contributed by atoms with E-state index in [2.05, 4.69) is 20.7 Å². The molecule has 0 radical (unpaired) electrons. The number of sulfonamides is 1. The van der Waals surface area contributed by atoms with E-state index < -0.39 is 74.3 Å². The fraction of sp³-hybridized carbons (Fsp3) is 0.618. The van der Waals surface area contributed by atoms with Crippen LogP contribution in [0.3, 0.4) is 0 Å². The Hall–Kier alpha value is -3.94. The highest BCUT2D eigenvalue weighted by Gasteiger charge is 2.61. The van der Waals surface area contributed by atoms with Gasteiger partial charge in [-0.3, -0.25) is 23.9 Å². The summed E-state index contributed by atoms with van der Waals surface area (Å²) in [7, 11) is -4.00. The van der Waals surface area contributed by atoms with E-state index in [1.807, 2.05) is 12.2 Å². The third-order valence-electron chi connectivity index (χ3n) is 9.08. The molecular weight excluding hydrogens is 638 g/mol. The van der Waals surface area contributed by atoms with Crippen molar-refractivity contribution >= 4 is 39.7 Å². The summed E-state index contributed by atoms with van der Waals surface area (Å²) in [5.41, 5.74) is -1.92. The second-order valence-electron chi connectivity index (χ2n) is 14.0. The highest BCUT2D eigenvalue weighted by atomic mass is 32.2. The van der Waals surface area contributed by atoms with E-state index in [0.717, 1.165) is 12.8 Å². The Labute approximate surface area is 283 Å². The van der Waals surface area contributed by atoms with Crippen LogP contribution >= 0.6 is 0 Å². The van der Waals surface area contributed by atoms with Crippen LogP contribution < -0.4 is 20.7 Å². The number of ether oxygens (including phenoxy) is 1. The van der Waals surface area contributed by atoms with Gasteiger partial charge in [-0.1, -0.05) is 50.1 Å². The molecule has 264 valence electrons. The summed E-state index contributed by atoms with van der Waals surface area (Å²) in [5, 5.41) is 7.60. The molecule has 1 saturated heterocycles. The Morgan fingerprint density at radius 2 is 1.79 bits per heavy atom. The van der Waals surface area contributed by atoms with Crippen molar-refractivity contribution in [1.82, 2.24) is 25.6 Å². The molecule has 0 bridgehead atoms. The Morgan fingerprint density at radius 1 is 1.08 bits per heavy atom. The maximum atomic E-state index is 14.2. The molecule has 48 heavy (non-hydrogen) atoms. The van der Waals surface area contributed by atoms with Gasteiger partial charge in [0.15, 0.2) is 0 Å². The summed E-state index contributed by atoms with van der Waals surface area (Å²) in [6.45, 7) is 8.32. The van der Waals surface area contributed by atoms with E-state index in [-0.39, 0.29) is 25.3 Å². The summed E-state index contributed by atoms with van der Waals surface area (Å²) in [6, 6.07) is 5.79. The van der Waals surface area contributed by atoms with Gasteiger partial charge in [0.2, 0.25) is 21.8 Å². The molecule has 2 heterocycles. The van der Waals surface area contributed by atoms with Gasteiger partial charge in [0.05, 0.1) is 5.25 Å². The Bertz CT molecular complexity index is 1510. The number of amides is 5. The van der Waals surface area contributed by atoms with Crippen LogP contribution in [0.5, 0.6) is 0 Å². The van der Waals surface area contributed by atoms with Crippen molar-refractivity contribution in [2.45, 2.75) is 121 Å². The van der Waals surface area contributed by atoms with Crippen LogP contribution in [-0.2, 0) is 29.1 Å². The zero-order valence-electron chi connectivity index (χ0n) is 28.4. The van der Waals surface area contributed by atoms with Crippen LogP contribution in [0, 0.1) is 5.92 Å². The molecule has 4 N–H and O–H groups in total. The third-order valence-corrected chi connectivity index (χ3v) is 10.9. The second-order valence-corrected chi connectivity index (χ2v) is 16.1. The summed E-state index contributed by atoms with van der Waals surface area (Å²) >= 11 is 0. The molecule has 1 aliphatic carbocycles. The van der Waals surface area contributed by atoms with E-state index in [1.54, 1.807) is 58.0 Å². The zero-order chi connectivity index (χ0) is 35.3. The minimum atomic E-state index is -4.00. The quantitative estimate of drug-likeness (QED) is 0.316. The van der Waals surface area contributed by atoms with Crippen LogP contribution in [0.25, 0.3) is 0 Å². The van der Waals surface area contributed by atoms with Gasteiger partial charge in [-0.05, 0) is 78.4 Å². The first-order valence-corrected chi connectivity index (χ1v) is 18.3. The van der Waals surface area contributed by atoms with Crippen molar-refractivity contribution < 1.29 is 37.1 Å². The van der Waals surface area contributed by atoms with Crippen molar-refractivity contribution in [1.29, 1.82) is 0 Å². The van der Waals surface area contributed by atoms with Crippen LogP contribution in [0.2, 0.25) is 0 Å². The van der Waals surface area contributed by atoms with Crippen molar-refractivity contribution in [2.24, 2.45) is 5.92 Å². The first kappa shape index (κ1) is 36.9. The van der Waals surface area contributed by atoms with Crippen molar-refractivity contribution in [3.8, 4) is 0 Å². The van der Waals surface area contributed by atoms with Gasteiger partial charge < -0.3 is 25.6 Å². The van der Waals surface area contributed by atoms with Gasteiger partial charge in [0.25, 0.3) is 11.8 Å². The molecule has 13 nitrogen and oxygen atoms in total. The molecule has 14 heteroatoms. The fourth-order valence-corrected chi connectivity index (χ4v) is 7.15. The van der Waals surface area contributed by atoms with E-state index >= 15 is 0 Å². The number of benzene rings is 1. The molecular formula is C34H49N5O8S. The van der Waals surface area contributed by atoms with Crippen LogP contribution in [-0.4, -0.2) is 84.1 Å². The Kier molecular flexibility index (Phi) is 11.6. The SMILES string of the molecule is CCC(C)S(=O)(=O)NC(=O)[C@@]12C[C@H]1/C=C\CCCCC[C@H](NC(=O)OC(C)(C)C)C(=O)N1C[C@H](NC(=O)c3ccccc3)C[C@H]1C(=O)N2. The van der Waals surface area contributed by atoms with Gasteiger partial charge in [-0.25, -0.2) is 13.2 Å². The lowest BCUT2D eigenvalue weighted by Crippen LogP contribution is -2.58. The van der Waals surface area contributed by atoms with Crippen molar-refractivity contribution in [3.05, 3.63) is 48.0 Å². The molecule has 1 aromatic carbocycles. The molecule has 5 amide bonds. The predicted octanol–water partition coefficient (Wildman–Crippen LogP) is 2.92. The number of hydrogen-bond acceptors (Lipinski definition) is 8. The Morgan fingerprint density at radius 3 is 2.46 bits per heavy atom. The van der Waals surface area contributed by atoms with Crippen LogP contribution in [0.4, 0.5) is 4.79 Å². The highest BCUT2D eigenvalue weighted by molar-refractivity contribution is 7.90. The maximum absolute atomic E-state index is 14.2. The summed E-state index contributed by atoms with van der Waals surface area (Å²) in [4.78, 5) is 69.2. The van der Waals surface area contributed by atoms with Crippen LogP contribution in [0.1, 0.15) is 96.3 Å². The van der Waals surface area contributed by atoms with Gasteiger partial charge in [-0.2, -0.15) is 0 Å². The molecule has 1 saturated carbocycles. The Balaban J connectivity index is 1.65. The molecule has 2 fully saturated rings. The smallest absolute Gasteiger partial charge is 0.408 e. The van der Waals surface area contributed by atoms with Gasteiger partial charge in [0, 0.05) is 24.1 Å². The molecule has 4 rings (SSSR count). The first-order chi connectivity index (χ1) is 22.6. The van der Waals surface area contributed by atoms with Gasteiger partial charge in [0.1, 0.15) is 23.2 Å². The maximum Gasteiger partial charge on any atom is 0.408 e. The number of allylic oxidation sites excluding steroid dienone is 1. The number of nitrogens with one attached hydrogen (secondary N) is 4. The topological polar surface area (TPSA) is 180 Å². The normalized spacial score (nSPS) is 27.9. The van der Waals surface area contributed by atoms with Gasteiger partial charge in [-0.15, -0.1) is 0 Å². The summed E-state index contributed by atoms with van der Waals surface area (Å²) < 4.78 is 33.3. The monoisotopic (exact) mass is 687 g/mol. The van der Waals surface area contributed by atoms with Crippen molar-refractivity contribution in [2.75, 3.05) is 6.54 Å². The number of nitrogens with zero attached hydrogens (tertiary/aromatic N) is 1. The number of hydrogen-bond donors (Lipinski definition) is 4. The number of alkyl carbamates (subject to hydrolysis) is 1.